The normalized spacial score (nSPS) is 22.3. The van der Waals surface area contributed by atoms with Gasteiger partial charge in [0.2, 0.25) is 0 Å². The summed E-state index contributed by atoms with van der Waals surface area (Å²) >= 11 is 0. The summed E-state index contributed by atoms with van der Waals surface area (Å²) in [4.78, 5) is 20.8. The maximum absolute atomic E-state index is 13.5. The van der Waals surface area contributed by atoms with Crippen LogP contribution in [-0.4, -0.2) is 39.0 Å². The van der Waals surface area contributed by atoms with Crippen LogP contribution < -0.4 is 10.9 Å². The van der Waals surface area contributed by atoms with Crippen LogP contribution in [-0.2, 0) is 4.74 Å². The highest BCUT2D eigenvalue weighted by atomic mass is 19.1. The first-order valence-corrected chi connectivity index (χ1v) is 9.03. The number of benzene rings is 1. The average molecular weight is 367 g/mol. The summed E-state index contributed by atoms with van der Waals surface area (Å²) in [5.41, 5.74) is 1.34. The number of hydrogen-bond acceptors (Lipinski definition) is 6. The summed E-state index contributed by atoms with van der Waals surface area (Å²) in [6, 6.07) is 7.39. The van der Waals surface area contributed by atoms with Crippen molar-refractivity contribution >= 4 is 16.7 Å². The van der Waals surface area contributed by atoms with Gasteiger partial charge in [0, 0.05) is 23.4 Å². The highest BCUT2D eigenvalue weighted by Gasteiger charge is 2.33. The Balaban J connectivity index is 1.47. The molecule has 1 N–H and O–H groups in total. The highest BCUT2D eigenvalue weighted by molar-refractivity contribution is 5.88. The van der Waals surface area contributed by atoms with Crippen molar-refractivity contribution in [1.29, 1.82) is 0 Å². The Morgan fingerprint density at radius 2 is 2.04 bits per heavy atom. The third-order valence-corrected chi connectivity index (χ3v) is 5.13. The number of ether oxygens (including phenoxy) is 1. The van der Waals surface area contributed by atoms with E-state index in [1.165, 1.54) is 23.1 Å². The van der Waals surface area contributed by atoms with Crippen LogP contribution >= 0.6 is 0 Å². The third kappa shape index (κ3) is 3.06. The van der Waals surface area contributed by atoms with Gasteiger partial charge in [0.15, 0.2) is 0 Å². The molecular weight excluding hydrogens is 349 g/mol. The predicted molar refractivity (Wildman–Crippen MR) is 97.2 cm³/mol. The lowest BCUT2D eigenvalue weighted by molar-refractivity contribution is 0.182. The number of aromatic nitrogens is 4. The predicted octanol–water partition coefficient (Wildman–Crippen LogP) is 2.25. The molecule has 3 aromatic rings. The van der Waals surface area contributed by atoms with Gasteiger partial charge in [0.1, 0.15) is 24.0 Å². The van der Waals surface area contributed by atoms with Gasteiger partial charge in [-0.1, -0.05) is 0 Å². The van der Waals surface area contributed by atoms with E-state index in [1.54, 1.807) is 12.1 Å². The standard InChI is InChI=1S/C19H18FN5O2/c20-12-3-4-13-15(7-12)21-10-22-19(13)23-16-8-27-9-17(16)25-18(26)6-5-14(24-25)11-1-2-11/h3-7,10-11,16-17H,1-2,8-9H2,(H,21,22,23). The quantitative estimate of drug-likeness (QED) is 0.762. The molecule has 0 radical (unpaired) electrons. The molecule has 1 saturated carbocycles. The van der Waals surface area contributed by atoms with Gasteiger partial charge in [0.25, 0.3) is 5.56 Å². The Hall–Kier alpha value is -2.87. The number of anilines is 1. The smallest absolute Gasteiger partial charge is 0.267 e. The number of hydrogen-bond donors (Lipinski definition) is 1. The van der Waals surface area contributed by atoms with Gasteiger partial charge in [-0.25, -0.2) is 19.0 Å². The van der Waals surface area contributed by atoms with Gasteiger partial charge < -0.3 is 10.1 Å². The molecule has 2 atom stereocenters. The fourth-order valence-electron chi connectivity index (χ4n) is 3.52. The number of nitrogens with one attached hydrogen (secondary N) is 1. The molecule has 2 fully saturated rings. The minimum Gasteiger partial charge on any atom is -0.377 e. The average Bonchev–Trinajstić information content (AvgIpc) is 3.42. The number of rotatable bonds is 4. The van der Waals surface area contributed by atoms with E-state index < -0.39 is 0 Å². The SMILES string of the molecule is O=c1ccc(C2CC2)nn1C1COCC1Nc1ncnc2cc(F)ccc12. The second-order valence-corrected chi connectivity index (χ2v) is 7.05. The lowest BCUT2D eigenvalue weighted by Crippen LogP contribution is -2.37. The van der Waals surface area contributed by atoms with Crippen molar-refractivity contribution in [2.75, 3.05) is 18.5 Å². The second-order valence-electron chi connectivity index (χ2n) is 7.05. The molecule has 0 spiro atoms. The van der Waals surface area contributed by atoms with Crippen LogP contribution in [0.25, 0.3) is 10.9 Å². The summed E-state index contributed by atoms with van der Waals surface area (Å²) in [7, 11) is 0. The van der Waals surface area contributed by atoms with Crippen LogP contribution in [0.15, 0.2) is 41.5 Å². The molecule has 3 heterocycles. The summed E-state index contributed by atoms with van der Waals surface area (Å²) in [6.45, 7) is 0.829. The molecule has 8 heteroatoms. The van der Waals surface area contributed by atoms with E-state index in [9.17, 15) is 9.18 Å². The monoisotopic (exact) mass is 367 g/mol. The molecule has 1 saturated heterocycles. The molecule has 0 amide bonds. The van der Waals surface area contributed by atoms with Crippen LogP contribution in [0.5, 0.6) is 0 Å². The number of nitrogens with zero attached hydrogens (tertiary/aromatic N) is 4. The number of halogens is 1. The van der Waals surface area contributed by atoms with Gasteiger partial charge in [-0.15, -0.1) is 0 Å². The number of fused-ring (bicyclic) bond motifs is 1. The molecule has 5 rings (SSSR count). The first-order valence-electron chi connectivity index (χ1n) is 9.03. The van der Waals surface area contributed by atoms with Crippen LogP contribution in [0.3, 0.4) is 0 Å². The van der Waals surface area contributed by atoms with Gasteiger partial charge in [-0.05, 0) is 31.0 Å². The Bertz CT molecular complexity index is 1070. The maximum Gasteiger partial charge on any atom is 0.267 e. The van der Waals surface area contributed by atoms with Gasteiger partial charge in [0.05, 0.1) is 30.5 Å². The van der Waals surface area contributed by atoms with Crippen molar-refractivity contribution in [2.45, 2.75) is 30.8 Å². The molecule has 27 heavy (non-hydrogen) atoms. The molecule has 7 nitrogen and oxygen atoms in total. The van der Waals surface area contributed by atoms with Crippen molar-refractivity contribution < 1.29 is 9.13 Å². The zero-order chi connectivity index (χ0) is 18.4. The zero-order valence-electron chi connectivity index (χ0n) is 14.5. The minimum atomic E-state index is -0.345. The van der Waals surface area contributed by atoms with Gasteiger partial charge in [-0.3, -0.25) is 4.79 Å². The van der Waals surface area contributed by atoms with Crippen molar-refractivity contribution in [3.05, 3.63) is 58.5 Å². The molecule has 2 aliphatic rings. The van der Waals surface area contributed by atoms with Gasteiger partial charge in [-0.2, -0.15) is 5.10 Å². The Labute approximate surface area is 154 Å². The summed E-state index contributed by atoms with van der Waals surface area (Å²) < 4.78 is 20.6. The Morgan fingerprint density at radius 1 is 1.15 bits per heavy atom. The van der Waals surface area contributed by atoms with E-state index in [4.69, 9.17) is 4.74 Å². The fraction of sp³-hybridized carbons (Fsp3) is 0.368. The molecule has 2 unspecified atom stereocenters. The first-order chi connectivity index (χ1) is 13.2. The van der Waals surface area contributed by atoms with Crippen molar-refractivity contribution in [2.24, 2.45) is 0 Å². The highest BCUT2D eigenvalue weighted by Crippen LogP contribution is 2.38. The largest absolute Gasteiger partial charge is 0.377 e. The molecule has 2 aromatic heterocycles. The topological polar surface area (TPSA) is 81.9 Å². The van der Waals surface area contributed by atoms with Crippen molar-refractivity contribution in [1.82, 2.24) is 19.7 Å². The maximum atomic E-state index is 13.5. The van der Waals surface area contributed by atoms with E-state index in [0.29, 0.717) is 30.5 Å². The third-order valence-electron chi connectivity index (χ3n) is 5.13. The van der Waals surface area contributed by atoms with Crippen molar-refractivity contribution in [3.63, 3.8) is 0 Å². The lowest BCUT2D eigenvalue weighted by atomic mass is 10.1. The molecule has 0 bridgehead atoms. The lowest BCUT2D eigenvalue weighted by Gasteiger charge is -2.21. The fourth-order valence-corrected chi connectivity index (χ4v) is 3.52. The van der Waals surface area contributed by atoms with Crippen molar-refractivity contribution in [3.8, 4) is 0 Å². The van der Waals surface area contributed by atoms with E-state index in [2.05, 4.69) is 20.4 Å². The Kier molecular flexibility index (Phi) is 3.86. The first kappa shape index (κ1) is 16.3. The van der Waals surface area contributed by atoms with E-state index in [1.807, 2.05) is 6.07 Å². The van der Waals surface area contributed by atoms with Crippen LogP contribution in [0.1, 0.15) is 30.5 Å². The van der Waals surface area contributed by atoms with Crippen LogP contribution in [0.2, 0.25) is 0 Å². The zero-order valence-corrected chi connectivity index (χ0v) is 14.5. The second kappa shape index (κ2) is 6.38. The van der Waals surface area contributed by atoms with E-state index in [-0.39, 0.29) is 23.5 Å². The van der Waals surface area contributed by atoms with Crippen LogP contribution in [0.4, 0.5) is 10.2 Å². The molecule has 138 valence electrons. The molecular formula is C19H18FN5O2. The molecule has 1 aromatic carbocycles. The van der Waals surface area contributed by atoms with Crippen LogP contribution in [0, 0.1) is 5.82 Å². The Morgan fingerprint density at radius 3 is 2.89 bits per heavy atom. The van der Waals surface area contributed by atoms with E-state index in [0.717, 1.165) is 23.9 Å². The molecule has 1 aliphatic carbocycles. The summed E-state index contributed by atoms with van der Waals surface area (Å²) in [6.07, 6.45) is 3.64. The summed E-state index contributed by atoms with van der Waals surface area (Å²) in [5.74, 6) is 0.708. The minimum absolute atomic E-state index is 0.142. The van der Waals surface area contributed by atoms with E-state index >= 15 is 0 Å². The summed E-state index contributed by atoms with van der Waals surface area (Å²) in [5, 5.41) is 8.65. The van der Waals surface area contributed by atoms with Gasteiger partial charge >= 0.3 is 0 Å². The molecule has 1 aliphatic heterocycles.